The molecule has 1 fully saturated rings. The summed E-state index contributed by atoms with van der Waals surface area (Å²) in [5.41, 5.74) is 3.79. The Labute approximate surface area is 152 Å². The number of aromatic nitrogens is 2. The first-order valence-corrected chi connectivity index (χ1v) is 9.36. The third-order valence-corrected chi connectivity index (χ3v) is 5.76. The molecule has 1 aromatic heterocycles. The van der Waals surface area contributed by atoms with Gasteiger partial charge in [0.05, 0.1) is 17.6 Å². The van der Waals surface area contributed by atoms with Crippen LogP contribution in [0.25, 0.3) is 0 Å². The summed E-state index contributed by atoms with van der Waals surface area (Å²) in [4.78, 5) is 0. The van der Waals surface area contributed by atoms with Crippen molar-refractivity contribution in [3.05, 3.63) is 57.9 Å². The first kappa shape index (κ1) is 16.2. The number of nitrogens with one attached hydrogen (secondary N) is 2. The number of nitriles is 1. The van der Waals surface area contributed by atoms with Gasteiger partial charge in [-0.25, -0.2) is 0 Å². The normalized spacial score (nSPS) is 21.2. The zero-order valence-electron chi connectivity index (χ0n) is 14.1. The summed E-state index contributed by atoms with van der Waals surface area (Å²) in [7, 11) is 0. The third kappa shape index (κ3) is 2.94. The lowest BCUT2D eigenvalue weighted by molar-refractivity contribution is 0.525. The van der Waals surface area contributed by atoms with E-state index >= 15 is 0 Å². The van der Waals surface area contributed by atoms with E-state index in [0.717, 1.165) is 41.1 Å². The molecule has 0 amide bonds. The monoisotopic (exact) mass is 352 g/mol. The van der Waals surface area contributed by atoms with E-state index in [2.05, 4.69) is 21.6 Å². The Bertz CT molecular complexity index is 837. The average molecular weight is 353 g/mol. The van der Waals surface area contributed by atoms with Crippen molar-refractivity contribution in [3.8, 4) is 6.07 Å². The van der Waals surface area contributed by atoms with Crippen molar-refractivity contribution in [1.29, 1.82) is 5.26 Å². The van der Waals surface area contributed by atoms with Gasteiger partial charge < -0.3 is 5.32 Å². The van der Waals surface area contributed by atoms with Crippen LogP contribution in [0.1, 0.15) is 55.6 Å². The van der Waals surface area contributed by atoms with E-state index in [0.29, 0.717) is 10.9 Å². The van der Waals surface area contributed by atoms with Crippen LogP contribution in [0.3, 0.4) is 0 Å². The van der Waals surface area contributed by atoms with E-state index in [9.17, 15) is 5.26 Å². The highest BCUT2D eigenvalue weighted by molar-refractivity contribution is 6.31. The van der Waals surface area contributed by atoms with Crippen LogP contribution in [0.5, 0.6) is 0 Å². The number of nitrogens with zero attached hydrogens (tertiary/aromatic N) is 2. The molecule has 0 radical (unpaired) electrons. The van der Waals surface area contributed by atoms with Crippen LogP contribution >= 0.6 is 11.6 Å². The second kappa shape index (κ2) is 6.93. The Morgan fingerprint density at radius 2 is 1.84 bits per heavy atom. The van der Waals surface area contributed by atoms with Crippen molar-refractivity contribution >= 4 is 17.4 Å². The minimum absolute atomic E-state index is 0.160. The minimum atomic E-state index is -0.160. The summed E-state index contributed by atoms with van der Waals surface area (Å²) in [6, 6.07) is 10.3. The molecule has 2 N–H and O–H groups in total. The Balaban J connectivity index is 1.85. The zero-order valence-corrected chi connectivity index (χ0v) is 14.8. The standard InChI is InChI=1S/C20H21ClN4/c21-17-10-6-5-9-14(17)18-15(11-22)19(13-7-3-1-2-4-8-13)24-20-16(18)12-23-25-20/h5-6,9-10,12-13,18H,1-4,7-8H2,(H2,23,24,25). The SMILES string of the molecule is N#CC1=C(C2CCCCCC2)Nc2n[nH]cc2C1c1ccccc1Cl. The molecule has 25 heavy (non-hydrogen) atoms. The number of rotatable bonds is 2. The minimum Gasteiger partial charge on any atom is -0.341 e. The van der Waals surface area contributed by atoms with Crippen LogP contribution in [0.4, 0.5) is 5.82 Å². The summed E-state index contributed by atoms with van der Waals surface area (Å²) in [5.74, 6) is 1.06. The van der Waals surface area contributed by atoms with Gasteiger partial charge in [0.2, 0.25) is 0 Å². The van der Waals surface area contributed by atoms with Crippen molar-refractivity contribution < 1.29 is 0 Å². The maximum absolute atomic E-state index is 10.0. The van der Waals surface area contributed by atoms with Gasteiger partial charge in [0.1, 0.15) is 0 Å². The number of aromatic amines is 1. The second-order valence-electron chi connectivity index (χ2n) is 6.90. The maximum atomic E-state index is 10.0. The van der Waals surface area contributed by atoms with Crippen LogP contribution in [0.2, 0.25) is 5.02 Å². The van der Waals surface area contributed by atoms with Crippen LogP contribution in [-0.2, 0) is 0 Å². The maximum Gasteiger partial charge on any atom is 0.156 e. The summed E-state index contributed by atoms with van der Waals surface area (Å²) in [5, 5.41) is 21.5. The summed E-state index contributed by atoms with van der Waals surface area (Å²) < 4.78 is 0. The van der Waals surface area contributed by atoms with Crippen LogP contribution < -0.4 is 5.32 Å². The van der Waals surface area contributed by atoms with E-state index in [4.69, 9.17) is 11.6 Å². The molecule has 2 aliphatic rings. The number of H-pyrrole nitrogens is 1. The smallest absolute Gasteiger partial charge is 0.156 e. The van der Waals surface area contributed by atoms with Gasteiger partial charge >= 0.3 is 0 Å². The molecule has 0 spiro atoms. The van der Waals surface area contributed by atoms with E-state index in [-0.39, 0.29) is 5.92 Å². The lowest BCUT2D eigenvalue weighted by Crippen LogP contribution is -2.23. The van der Waals surface area contributed by atoms with Crippen molar-refractivity contribution in [2.75, 3.05) is 5.32 Å². The highest BCUT2D eigenvalue weighted by Gasteiger charge is 2.35. The number of hydrogen-bond acceptors (Lipinski definition) is 3. The molecule has 128 valence electrons. The van der Waals surface area contributed by atoms with Gasteiger partial charge in [-0.3, -0.25) is 5.10 Å². The highest BCUT2D eigenvalue weighted by atomic mass is 35.5. The molecular weight excluding hydrogens is 332 g/mol. The Hall–Kier alpha value is -2.25. The Morgan fingerprint density at radius 1 is 1.08 bits per heavy atom. The number of hydrogen-bond donors (Lipinski definition) is 2. The number of anilines is 1. The Kier molecular flexibility index (Phi) is 4.50. The average Bonchev–Trinajstić information content (AvgIpc) is 2.93. The van der Waals surface area contributed by atoms with Crippen molar-refractivity contribution in [2.24, 2.45) is 5.92 Å². The lowest BCUT2D eigenvalue weighted by Gasteiger charge is -2.30. The van der Waals surface area contributed by atoms with Gasteiger partial charge in [-0.2, -0.15) is 10.4 Å². The molecule has 0 saturated heterocycles. The van der Waals surface area contributed by atoms with E-state index in [1.165, 1.54) is 25.7 Å². The number of fused-ring (bicyclic) bond motifs is 1. The molecule has 4 rings (SSSR count). The molecule has 1 saturated carbocycles. The molecule has 1 aliphatic heterocycles. The largest absolute Gasteiger partial charge is 0.341 e. The van der Waals surface area contributed by atoms with E-state index in [1.54, 1.807) is 0 Å². The van der Waals surface area contributed by atoms with Crippen LogP contribution in [-0.4, -0.2) is 10.2 Å². The predicted molar refractivity (Wildman–Crippen MR) is 99.3 cm³/mol. The van der Waals surface area contributed by atoms with Gasteiger partial charge in [-0.1, -0.05) is 55.5 Å². The summed E-state index contributed by atoms with van der Waals surface area (Å²) in [6.07, 6.45) is 9.14. The van der Waals surface area contributed by atoms with E-state index in [1.807, 2.05) is 30.5 Å². The molecule has 5 heteroatoms. The molecule has 1 aromatic carbocycles. The van der Waals surface area contributed by atoms with Gasteiger partial charge in [-0.05, 0) is 24.5 Å². The second-order valence-corrected chi connectivity index (χ2v) is 7.30. The Morgan fingerprint density at radius 3 is 2.56 bits per heavy atom. The van der Waals surface area contributed by atoms with Crippen molar-refractivity contribution in [2.45, 2.75) is 44.4 Å². The number of halogens is 1. The van der Waals surface area contributed by atoms with E-state index < -0.39 is 0 Å². The topological polar surface area (TPSA) is 64.5 Å². The highest BCUT2D eigenvalue weighted by Crippen LogP contribution is 2.45. The van der Waals surface area contributed by atoms with Crippen LogP contribution in [0.15, 0.2) is 41.7 Å². The van der Waals surface area contributed by atoms with Crippen LogP contribution in [0, 0.1) is 17.2 Å². The predicted octanol–water partition coefficient (Wildman–Crippen LogP) is 5.37. The fourth-order valence-electron chi connectivity index (χ4n) is 4.17. The number of benzene rings is 1. The fourth-order valence-corrected chi connectivity index (χ4v) is 4.42. The zero-order chi connectivity index (χ0) is 17.2. The molecule has 4 nitrogen and oxygen atoms in total. The van der Waals surface area contributed by atoms with Gasteiger partial charge in [0.25, 0.3) is 0 Å². The van der Waals surface area contributed by atoms with Gasteiger partial charge in [0, 0.05) is 28.4 Å². The fraction of sp³-hybridized carbons (Fsp3) is 0.400. The molecule has 2 heterocycles. The summed E-state index contributed by atoms with van der Waals surface area (Å²) >= 11 is 6.49. The third-order valence-electron chi connectivity index (χ3n) is 5.41. The van der Waals surface area contributed by atoms with Crippen molar-refractivity contribution in [3.63, 3.8) is 0 Å². The van der Waals surface area contributed by atoms with Gasteiger partial charge in [-0.15, -0.1) is 0 Å². The molecule has 1 unspecified atom stereocenters. The molecule has 2 aromatic rings. The first-order chi connectivity index (χ1) is 12.3. The molecular formula is C20H21ClN4. The number of allylic oxidation sites excluding steroid dienone is 2. The quantitative estimate of drug-likeness (QED) is 0.714. The lowest BCUT2D eigenvalue weighted by atomic mass is 9.79. The summed E-state index contributed by atoms with van der Waals surface area (Å²) in [6.45, 7) is 0. The van der Waals surface area contributed by atoms with Crippen molar-refractivity contribution in [1.82, 2.24) is 10.2 Å². The first-order valence-electron chi connectivity index (χ1n) is 8.99. The molecule has 0 bridgehead atoms. The molecule has 1 atom stereocenters. The van der Waals surface area contributed by atoms with Gasteiger partial charge in [0.15, 0.2) is 5.82 Å². The molecule has 1 aliphatic carbocycles.